The Balaban J connectivity index is 2.19. The van der Waals surface area contributed by atoms with Crippen LogP contribution in [0.2, 0.25) is 5.02 Å². The summed E-state index contributed by atoms with van der Waals surface area (Å²) >= 11 is 6.06. The van der Waals surface area contributed by atoms with Gasteiger partial charge >= 0.3 is 0 Å². The van der Waals surface area contributed by atoms with Gasteiger partial charge in [-0.2, -0.15) is 0 Å². The number of carbonyl (C=O) groups excluding carboxylic acids is 1. The molecule has 0 aliphatic heterocycles. The molecule has 2 rings (SSSR count). The lowest BCUT2D eigenvalue weighted by atomic mass is 10.2. The van der Waals surface area contributed by atoms with E-state index in [2.05, 4.69) is 5.32 Å². The minimum atomic E-state index is -0.343. The average Bonchev–Trinajstić information content (AvgIpc) is 2.48. The van der Waals surface area contributed by atoms with Crippen LogP contribution in [0.15, 0.2) is 41.3 Å². The first-order chi connectivity index (χ1) is 10.9. The van der Waals surface area contributed by atoms with Crippen molar-refractivity contribution < 1.29 is 9.53 Å². The van der Waals surface area contributed by atoms with E-state index in [-0.39, 0.29) is 35.4 Å². The molecule has 1 N–H and O–H groups in total. The maximum atomic E-state index is 12.1. The van der Waals surface area contributed by atoms with Crippen molar-refractivity contribution in [2.75, 3.05) is 0 Å². The highest BCUT2D eigenvalue weighted by molar-refractivity contribution is 6.31. The number of ether oxygens (including phenoxy) is 1. The molecule has 0 radical (unpaired) electrons. The topological polar surface area (TPSA) is 60.3 Å². The first-order valence-electron chi connectivity index (χ1n) is 7.26. The molecule has 0 aliphatic rings. The predicted molar refractivity (Wildman–Crippen MR) is 90.1 cm³/mol. The molecular weight excluding hydrogens is 316 g/mol. The minimum Gasteiger partial charge on any atom is -0.483 e. The summed E-state index contributed by atoms with van der Waals surface area (Å²) < 4.78 is 7.12. The van der Waals surface area contributed by atoms with Crippen LogP contribution in [0.4, 0.5) is 0 Å². The van der Waals surface area contributed by atoms with Gasteiger partial charge in [0.05, 0.1) is 6.20 Å². The minimum absolute atomic E-state index is 0.00579. The summed E-state index contributed by atoms with van der Waals surface area (Å²) in [7, 11) is 1.69. The Hall–Kier alpha value is -2.27. The number of nitrogens with zero attached hydrogens (tertiary/aromatic N) is 1. The average molecular weight is 335 g/mol. The van der Waals surface area contributed by atoms with Crippen LogP contribution in [0.25, 0.3) is 0 Å². The molecule has 1 amide bonds. The van der Waals surface area contributed by atoms with Crippen LogP contribution >= 0.6 is 11.6 Å². The zero-order chi connectivity index (χ0) is 17.0. The Labute approximate surface area is 139 Å². The number of pyridine rings is 1. The lowest BCUT2D eigenvalue weighted by Crippen LogP contribution is -2.33. The van der Waals surface area contributed by atoms with Crippen molar-refractivity contribution in [2.45, 2.75) is 26.5 Å². The van der Waals surface area contributed by atoms with E-state index in [1.54, 1.807) is 17.7 Å². The van der Waals surface area contributed by atoms with Gasteiger partial charge in [0.25, 0.3) is 5.91 Å². The van der Waals surface area contributed by atoms with E-state index in [1.165, 1.54) is 12.3 Å². The van der Waals surface area contributed by atoms with E-state index in [1.807, 2.05) is 32.0 Å². The molecule has 0 aliphatic carbocycles. The third-order valence-electron chi connectivity index (χ3n) is 3.19. The van der Waals surface area contributed by atoms with Crippen LogP contribution in [0.3, 0.4) is 0 Å². The van der Waals surface area contributed by atoms with Crippen LogP contribution < -0.4 is 15.5 Å². The molecule has 0 saturated carbocycles. The van der Waals surface area contributed by atoms with E-state index in [9.17, 15) is 9.59 Å². The largest absolute Gasteiger partial charge is 0.483 e. The molecule has 23 heavy (non-hydrogen) atoms. The van der Waals surface area contributed by atoms with Gasteiger partial charge in [-0.3, -0.25) is 9.59 Å². The second kappa shape index (κ2) is 7.33. The van der Waals surface area contributed by atoms with Crippen molar-refractivity contribution >= 4 is 17.5 Å². The van der Waals surface area contributed by atoms with Gasteiger partial charge in [-0.1, -0.05) is 29.8 Å². The lowest BCUT2D eigenvalue weighted by Gasteiger charge is -2.13. The van der Waals surface area contributed by atoms with Crippen molar-refractivity contribution in [1.29, 1.82) is 0 Å². The fraction of sp³-hybridized carbons (Fsp3) is 0.294. The summed E-state index contributed by atoms with van der Waals surface area (Å²) in [4.78, 5) is 24.2. The number of aromatic nitrogens is 1. The number of carbonyl (C=O) groups is 1. The smallest absolute Gasteiger partial charge is 0.268 e. The van der Waals surface area contributed by atoms with E-state index in [4.69, 9.17) is 16.3 Å². The molecule has 0 saturated heterocycles. The highest BCUT2D eigenvalue weighted by atomic mass is 35.5. The number of halogens is 1. The molecule has 1 aromatic carbocycles. The molecule has 1 heterocycles. The van der Waals surface area contributed by atoms with E-state index in [0.29, 0.717) is 5.02 Å². The fourth-order valence-electron chi connectivity index (χ4n) is 2.05. The molecule has 0 spiro atoms. The summed E-state index contributed by atoms with van der Waals surface area (Å²) in [5.74, 6) is -0.120. The molecule has 122 valence electrons. The van der Waals surface area contributed by atoms with Gasteiger partial charge in [-0.15, -0.1) is 0 Å². The third-order valence-corrected chi connectivity index (χ3v) is 3.56. The van der Waals surface area contributed by atoms with Gasteiger partial charge in [-0.05, 0) is 19.9 Å². The quantitative estimate of drug-likeness (QED) is 0.914. The molecule has 5 nitrogen and oxygen atoms in total. The molecule has 0 atom stereocenters. The van der Waals surface area contributed by atoms with E-state index in [0.717, 1.165) is 5.56 Å². The van der Waals surface area contributed by atoms with E-state index < -0.39 is 0 Å². The first kappa shape index (κ1) is 17.1. The van der Waals surface area contributed by atoms with Crippen molar-refractivity contribution in [2.24, 2.45) is 7.05 Å². The molecule has 0 fully saturated rings. The molecule has 0 unspecified atom stereocenters. The second-order valence-corrected chi connectivity index (χ2v) is 5.91. The number of benzene rings is 1. The number of rotatable bonds is 5. The number of aryl methyl sites for hydroxylation is 1. The Morgan fingerprint density at radius 2 is 2.04 bits per heavy atom. The number of hydrogen-bond acceptors (Lipinski definition) is 3. The molecule has 1 aromatic heterocycles. The van der Waals surface area contributed by atoms with Crippen LogP contribution in [0.1, 0.15) is 29.9 Å². The van der Waals surface area contributed by atoms with Crippen LogP contribution in [-0.2, 0) is 13.7 Å². The monoisotopic (exact) mass is 334 g/mol. The van der Waals surface area contributed by atoms with Crippen LogP contribution in [0.5, 0.6) is 5.75 Å². The van der Waals surface area contributed by atoms with Crippen molar-refractivity contribution in [3.8, 4) is 5.75 Å². The molecule has 2 aromatic rings. The highest BCUT2D eigenvalue weighted by Gasteiger charge is 2.13. The summed E-state index contributed by atoms with van der Waals surface area (Å²) in [6.07, 6.45) is 1.51. The molecule has 0 bridgehead atoms. The third kappa shape index (κ3) is 4.36. The van der Waals surface area contributed by atoms with Gasteiger partial charge in [0.2, 0.25) is 5.43 Å². The Morgan fingerprint density at radius 1 is 1.35 bits per heavy atom. The molecular formula is C17H19ClN2O3. The predicted octanol–water partition coefficient (Wildman–Crippen LogP) is 2.76. The zero-order valence-corrected chi connectivity index (χ0v) is 14.1. The van der Waals surface area contributed by atoms with Gasteiger partial charge in [0, 0.05) is 29.7 Å². The first-order valence-corrected chi connectivity index (χ1v) is 7.64. The SMILES string of the molecule is CC(C)NC(=O)c1cc(=O)c(OCc2ccccc2Cl)cn1C. The summed E-state index contributed by atoms with van der Waals surface area (Å²) in [6.45, 7) is 3.90. The number of hydrogen-bond donors (Lipinski definition) is 1. The van der Waals surface area contributed by atoms with E-state index >= 15 is 0 Å². The Kier molecular flexibility index (Phi) is 5.45. The number of amides is 1. The lowest BCUT2D eigenvalue weighted by molar-refractivity contribution is 0.0933. The normalized spacial score (nSPS) is 10.7. The maximum absolute atomic E-state index is 12.1. The fourth-order valence-corrected chi connectivity index (χ4v) is 2.24. The number of nitrogens with one attached hydrogen (secondary N) is 1. The van der Waals surface area contributed by atoms with Crippen LogP contribution in [-0.4, -0.2) is 16.5 Å². The Bertz CT molecular complexity index is 769. The summed E-state index contributed by atoms with van der Waals surface area (Å²) in [6, 6.07) is 8.54. The van der Waals surface area contributed by atoms with Crippen LogP contribution in [0, 0.1) is 0 Å². The van der Waals surface area contributed by atoms with Crippen molar-refractivity contribution in [3.63, 3.8) is 0 Å². The highest BCUT2D eigenvalue weighted by Crippen LogP contribution is 2.17. The second-order valence-electron chi connectivity index (χ2n) is 5.51. The molecule has 6 heteroatoms. The summed E-state index contributed by atoms with van der Waals surface area (Å²) in [5.41, 5.74) is 0.732. The van der Waals surface area contributed by atoms with Gasteiger partial charge in [0.1, 0.15) is 12.3 Å². The maximum Gasteiger partial charge on any atom is 0.268 e. The van der Waals surface area contributed by atoms with Crippen molar-refractivity contribution in [1.82, 2.24) is 9.88 Å². The Morgan fingerprint density at radius 3 is 2.70 bits per heavy atom. The van der Waals surface area contributed by atoms with Gasteiger partial charge in [0.15, 0.2) is 5.75 Å². The standard InChI is InChI=1S/C17H19ClN2O3/c1-11(2)19-17(22)14-8-15(21)16(9-20(14)3)23-10-12-6-4-5-7-13(12)18/h4-9,11H,10H2,1-3H3,(H,19,22). The summed E-state index contributed by atoms with van der Waals surface area (Å²) in [5, 5.41) is 3.34. The van der Waals surface area contributed by atoms with Crippen molar-refractivity contribution in [3.05, 3.63) is 63.0 Å². The zero-order valence-electron chi connectivity index (χ0n) is 13.3. The van der Waals surface area contributed by atoms with Gasteiger partial charge in [-0.25, -0.2) is 0 Å². The van der Waals surface area contributed by atoms with Gasteiger partial charge < -0.3 is 14.6 Å².